The molecule has 4 N–H and O–H groups in total. The van der Waals surface area contributed by atoms with Crippen molar-refractivity contribution in [1.82, 2.24) is 19.5 Å². The highest BCUT2D eigenvalue weighted by Crippen LogP contribution is 2.29. The number of nitrogens with zero attached hydrogens (tertiary/aromatic N) is 4. The number of rotatable bonds is 3. The number of hydrogen-bond acceptors (Lipinski definition) is 9. The van der Waals surface area contributed by atoms with Gasteiger partial charge in [0.05, 0.1) is 6.61 Å². The summed E-state index contributed by atoms with van der Waals surface area (Å²) in [6, 6.07) is 2.63. The van der Waals surface area contributed by atoms with E-state index in [1.165, 1.54) is 12.4 Å². The van der Waals surface area contributed by atoms with Crippen molar-refractivity contribution in [2.24, 2.45) is 0 Å². The van der Waals surface area contributed by atoms with E-state index < -0.39 is 42.6 Å². The molecular formula is C13H15N5O6. The van der Waals surface area contributed by atoms with E-state index in [-0.39, 0.29) is 5.95 Å². The maximum atomic E-state index is 11.9. The van der Waals surface area contributed by atoms with E-state index in [2.05, 4.69) is 9.97 Å². The zero-order valence-corrected chi connectivity index (χ0v) is 12.3. The van der Waals surface area contributed by atoms with Crippen LogP contribution in [0.3, 0.4) is 0 Å². The first kappa shape index (κ1) is 16.3. The quantitative estimate of drug-likeness (QED) is 0.470. The van der Waals surface area contributed by atoms with Crippen molar-refractivity contribution in [2.75, 3.05) is 11.5 Å². The highest BCUT2D eigenvalue weighted by Gasteiger charge is 2.44. The second-order valence-corrected chi connectivity index (χ2v) is 5.05. The third kappa shape index (κ3) is 2.80. The maximum Gasteiger partial charge on any atom is 0.330 e. The van der Waals surface area contributed by atoms with Gasteiger partial charge in [0.25, 0.3) is 5.56 Å². The number of aromatic amines is 1. The molecule has 0 spiro atoms. The van der Waals surface area contributed by atoms with E-state index in [1.807, 2.05) is 4.98 Å². The number of aromatic nitrogens is 4. The molecule has 3 rings (SSSR count). The number of aliphatic hydroxyl groups is 3. The van der Waals surface area contributed by atoms with E-state index >= 15 is 0 Å². The van der Waals surface area contributed by atoms with Crippen molar-refractivity contribution in [1.29, 1.82) is 0 Å². The largest absolute Gasteiger partial charge is 0.393 e. The molecule has 0 aliphatic carbocycles. The molecule has 128 valence electrons. The van der Waals surface area contributed by atoms with Gasteiger partial charge in [-0.15, -0.1) is 0 Å². The van der Waals surface area contributed by atoms with Crippen molar-refractivity contribution >= 4 is 5.95 Å². The Bertz CT molecular complexity index is 808. The summed E-state index contributed by atoms with van der Waals surface area (Å²) in [5.41, 5.74) is -1.42. The van der Waals surface area contributed by atoms with Crippen LogP contribution in [0.15, 0.2) is 40.3 Å². The van der Waals surface area contributed by atoms with E-state index in [9.17, 15) is 24.9 Å². The van der Waals surface area contributed by atoms with Gasteiger partial charge < -0.3 is 20.1 Å². The van der Waals surface area contributed by atoms with Crippen LogP contribution >= 0.6 is 0 Å². The molecule has 0 radical (unpaired) electrons. The summed E-state index contributed by atoms with van der Waals surface area (Å²) in [6.45, 7) is -0.578. The Morgan fingerprint density at radius 3 is 2.54 bits per heavy atom. The normalized spacial score (nSPS) is 27.2. The van der Waals surface area contributed by atoms with Gasteiger partial charge >= 0.3 is 5.69 Å². The van der Waals surface area contributed by atoms with Crippen LogP contribution in [-0.4, -0.2) is 60.0 Å². The lowest BCUT2D eigenvalue weighted by Crippen LogP contribution is -2.61. The number of hydrogen-bond donors (Lipinski definition) is 4. The number of aliphatic hydroxyl groups excluding tert-OH is 3. The molecule has 4 atom stereocenters. The molecular weight excluding hydrogens is 322 g/mol. The minimum Gasteiger partial charge on any atom is -0.393 e. The number of nitrogens with one attached hydrogen (secondary N) is 1. The predicted octanol–water partition coefficient (Wildman–Crippen LogP) is -2.64. The SMILES string of the molecule is O=c1ccn([C@@H]2O[C@H](CO)C(O)N(c3ncccn3)C2O)c(=O)[nH]1. The van der Waals surface area contributed by atoms with Crippen LogP contribution in [0.2, 0.25) is 0 Å². The lowest BCUT2D eigenvalue weighted by molar-refractivity contribution is -0.205. The zero-order chi connectivity index (χ0) is 17.3. The van der Waals surface area contributed by atoms with Gasteiger partial charge in [-0.25, -0.2) is 14.8 Å². The zero-order valence-electron chi connectivity index (χ0n) is 12.3. The second-order valence-electron chi connectivity index (χ2n) is 5.05. The molecule has 0 amide bonds. The standard InChI is InChI=1S/C13H15N5O6/c19-6-7-9(21)18(12-14-3-1-4-15-12)10(22)11(24-7)17-5-2-8(20)16-13(17)23/h1-5,7,9-11,19,21-22H,6H2,(H,16,20,23)/t7-,9?,10?,11-/m1/s1. The van der Waals surface area contributed by atoms with Gasteiger partial charge in [0.15, 0.2) is 18.7 Å². The average molecular weight is 337 g/mol. The van der Waals surface area contributed by atoms with Crippen LogP contribution in [0.4, 0.5) is 5.95 Å². The fourth-order valence-electron chi connectivity index (χ4n) is 2.43. The summed E-state index contributed by atoms with van der Waals surface area (Å²) in [5.74, 6) is -0.0123. The van der Waals surface area contributed by atoms with Gasteiger partial charge in [-0.3, -0.25) is 19.2 Å². The number of ether oxygens (including phenoxy) is 1. The first-order chi connectivity index (χ1) is 11.5. The molecule has 11 heteroatoms. The monoisotopic (exact) mass is 337 g/mol. The molecule has 0 bridgehead atoms. The van der Waals surface area contributed by atoms with Gasteiger partial charge in [-0.2, -0.15) is 0 Å². The first-order valence-electron chi connectivity index (χ1n) is 7.02. The third-order valence-electron chi connectivity index (χ3n) is 3.56. The lowest BCUT2D eigenvalue weighted by atomic mass is 10.2. The third-order valence-corrected chi connectivity index (χ3v) is 3.56. The number of H-pyrrole nitrogens is 1. The molecule has 24 heavy (non-hydrogen) atoms. The maximum absolute atomic E-state index is 11.9. The molecule has 2 aromatic heterocycles. The Kier molecular flexibility index (Phi) is 4.40. The van der Waals surface area contributed by atoms with Crippen molar-refractivity contribution in [3.05, 3.63) is 51.6 Å². The van der Waals surface area contributed by atoms with Crippen LogP contribution in [0, 0.1) is 0 Å². The molecule has 1 fully saturated rings. The van der Waals surface area contributed by atoms with E-state index in [4.69, 9.17) is 4.74 Å². The van der Waals surface area contributed by atoms with Crippen LogP contribution in [0.5, 0.6) is 0 Å². The number of morpholine rings is 1. The van der Waals surface area contributed by atoms with Gasteiger partial charge in [-0.1, -0.05) is 0 Å². The van der Waals surface area contributed by atoms with E-state index in [1.54, 1.807) is 6.07 Å². The molecule has 2 unspecified atom stereocenters. The Morgan fingerprint density at radius 2 is 1.92 bits per heavy atom. The summed E-state index contributed by atoms with van der Waals surface area (Å²) in [5, 5.41) is 30.2. The van der Waals surface area contributed by atoms with E-state index in [0.717, 1.165) is 21.7 Å². The highest BCUT2D eigenvalue weighted by molar-refractivity contribution is 5.32. The molecule has 1 saturated heterocycles. The summed E-state index contributed by atoms with van der Waals surface area (Å²) in [7, 11) is 0. The molecule has 0 saturated carbocycles. The minimum atomic E-state index is -1.55. The molecule has 1 aliphatic rings. The summed E-state index contributed by atoms with van der Waals surface area (Å²) < 4.78 is 6.35. The fraction of sp³-hybridized carbons (Fsp3) is 0.385. The van der Waals surface area contributed by atoms with Crippen molar-refractivity contribution in [3.63, 3.8) is 0 Å². The lowest BCUT2D eigenvalue weighted by Gasteiger charge is -2.44. The van der Waals surface area contributed by atoms with Crippen LogP contribution in [0.1, 0.15) is 6.23 Å². The van der Waals surface area contributed by atoms with Crippen molar-refractivity contribution < 1.29 is 20.1 Å². The summed E-state index contributed by atoms with van der Waals surface area (Å²) >= 11 is 0. The smallest absolute Gasteiger partial charge is 0.330 e. The Labute approximate surface area is 134 Å². The molecule has 3 heterocycles. The van der Waals surface area contributed by atoms with Crippen molar-refractivity contribution in [2.45, 2.75) is 24.8 Å². The van der Waals surface area contributed by atoms with Crippen LogP contribution in [-0.2, 0) is 4.74 Å². The van der Waals surface area contributed by atoms with Gasteiger partial charge in [0, 0.05) is 24.7 Å². The summed E-state index contributed by atoms with van der Waals surface area (Å²) in [6.07, 6.45) is -1.47. The first-order valence-corrected chi connectivity index (χ1v) is 7.02. The fourth-order valence-corrected chi connectivity index (χ4v) is 2.43. The Hall–Kier alpha value is -2.60. The number of anilines is 1. The van der Waals surface area contributed by atoms with Crippen molar-refractivity contribution in [3.8, 4) is 0 Å². The molecule has 2 aromatic rings. The second kappa shape index (κ2) is 6.49. The molecule has 11 nitrogen and oxygen atoms in total. The topological polar surface area (TPSA) is 154 Å². The highest BCUT2D eigenvalue weighted by atomic mass is 16.6. The Morgan fingerprint density at radius 1 is 1.21 bits per heavy atom. The van der Waals surface area contributed by atoms with E-state index in [0.29, 0.717) is 0 Å². The summed E-state index contributed by atoms with van der Waals surface area (Å²) in [4.78, 5) is 34.1. The minimum absolute atomic E-state index is 0.0123. The molecule has 1 aliphatic heterocycles. The van der Waals surface area contributed by atoms with Crippen LogP contribution in [0.25, 0.3) is 0 Å². The molecule has 0 aromatic carbocycles. The average Bonchev–Trinajstić information content (AvgIpc) is 2.57. The van der Waals surface area contributed by atoms with Crippen LogP contribution < -0.4 is 16.1 Å². The van der Waals surface area contributed by atoms with Gasteiger partial charge in [0.1, 0.15) is 6.10 Å². The Balaban J connectivity index is 2.04. The van der Waals surface area contributed by atoms with Gasteiger partial charge in [0.2, 0.25) is 5.95 Å². The van der Waals surface area contributed by atoms with Gasteiger partial charge in [-0.05, 0) is 6.07 Å². The predicted molar refractivity (Wildman–Crippen MR) is 78.8 cm³/mol.